The van der Waals surface area contributed by atoms with E-state index in [0.29, 0.717) is 0 Å². The van der Waals surface area contributed by atoms with Gasteiger partial charge in [0.05, 0.1) is 12.7 Å². The summed E-state index contributed by atoms with van der Waals surface area (Å²) in [4.78, 5) is 0. The normalized spacial score (nSPS) is 42.2. The lowest BCUT2D eigenvalue weighted by Gasteiger charge is -2.21. The van der Waals surface area contributed by atoms with Crippen LogP contribution in [-0.2, 0) is 9.47 Å². The van der Waals surface area contributed by atoms with Crippen molar-refractivity contribution < 1.29 is 24.8 Å². The van der Waals surface area contributed by atoms with Crippen molar-refractivity contribution in [2.45, 2.75) is 30.5 Å². The lowest BCUT2D eigenvalue weighted by atomic mass is 10.0. The molecule has 0 bridgehead atoms. The Kier molecular flexibility index (Phi) is 3.63. The summed E-state index contributed by atoms with van der Waals surface area (Å²) in [5.74, 6) is 0. The van der Waals surface area contributed by atoms with Crippen LogP contribution in [0, 0.1) is 6.92 Å². The summed E-state index contributed by atoms with van der Waals surface area (Å²) in [6.45, 7) is 4.93. The zero-order valence-corrected chi connectivity index (χ0v) is 7.33. The van der Waals surface area contributed by atoms with Crippen LogP contribution in [0.3, 0.4) is 0 Å². The molecule has 1 fully saturated rings. The van der Waals surface area contributed by atoms with E-state index in [2.05, 4.69) is 0 Å². The second kappa shape index (κ2) is 4.34. The van der Waals surface area contributed by atoms with Crippen molar-refractivity contribution in [3.8, 4) is 0 Å². The Morgan fingerprint density at radius 2 is 2.23 bits per heavy atom. The van der Waals surface area contributed by atoms with Gasteiger partial charge in [-0.1, -0.05) is 0 Å². The molecule has 1 rings (SSSR count). The van der Waals surface area contributed by atoms with Gasteiger partial charge >= 0.3 is 0 Å². The lowest BCUT2D eigenvalue weighted by Crippen LogP contribution is -2.41. The number of rotatable bonds is 3. The number of aliphatic hydroxyl groups is 3. The van der Waals surface area contributed by atoms with Crippen molar-refractivity contribution in [1.29, 1.82) is 0 Å². The standard InChI is InChI=1S/C8H14O5/c1-4-6(11)8(12-2)7(13-4)5(10)3-9/h1,4-11H,3H2,2H3/t4?,5?,6?,7-,8+/m0/s1. The molecule has 13 heavy (non-hydrogen) atoms. The average molecular weight is 190 g/mol. The quantitative estimate of drug-likeness (QED) is 0.489. The largest absolute Gasteiger partial charge is 0.394 e. The summed E-state index contributed by atoms with van der Waals surface area (Å²) in [6.07, 6.45) is -4.42. The highest BCUT2D eigenvalue weighted by Gasteiger charge is 2.44. The van der Waals surface area contributed by atoms with Crippen LogP contribution in [0.15, 0.2) is 0 Å². The van der Waals surface area contributed by atoms with E-state index in [1.807, 2.05) is 0 Å². The van der Waals surface area contributed by atoms with Gasteiger partial charge < -0.3 is 24.8 Å². The molecule has 0 saturated carbocycles. The third-order valence-electron chi connectivity index (χ3n) is 2.15. The SMILES string of the molecule is [CH]C1O[C@@H](C(O)CO)[C@H](OC)C1O. The van der Waals surface area contributed by atoms with E-state index < -0.39 is 37.1 Å². The fraction of sp³-hybridized carbons (Fsp3) is 0.875. The fourth-order valence-electron chi connectivity index (χ4n) is 1.41. The number of ether oxygens (including phenoxy) is 2. The first-order valence-electron chi connectivity index (χ1n) is 4.02. The molecule has 0 aromatic heterocycles. The van der Waals surface area contributed by atoms with Crippen LogP contribution >= 0.6 is 0 Å². The van der Waals surface area contributed by atoms with Crippen molar-refractivity contribution in [2.75, 3.05) is 13.7 Å². The summed E-state index contributed by atoms with van der Waals surface area (Å²) in [6, 6.07) is 0. The molecule has 1 heterocycles. The molecule has 5 heteroatoms. The fourth-order valence-corrected chi connectivity index (χ4v) is 1.41. The summed E-state index contributed by atoms with van der Waals surface area (Å²) in [7, 11) is 1.38. The van der Waals surface area contributed by atoms with Gasteiger partial charge in [0.25, 0.3) is 0 Å². The first-order valence-corrected chi connectivity index (χ1v) is 4.02. The smallest absolute Gasteiger partial charge is 0.115 e. The zero-order chi connectivity index (χ0) is 10.0. The molecule has 0 amide bonds. The van der Waals surface area contributed by atoms with Gasteiger partial charge in [0.1, 0.15) is 24.4 Å². The van der Waals surface area contributed by atoms with Crippen molar-refractivity contribution in [3.63, 3.8) is 0 Å². The second-order valence-electron chi connectivity index (χ2n) is 3.01. The first-order chi connectivity index (χ1) is 6.11. The Labute approximate surface area is 76.9 Å². The van der Waals surface area contributed by atoms with Crippen LogP contribution < -0.4 is 0 Å². The van der Waals surface area contributed by atoms with Gasteiger partial charge in [-0.15, -0.1) is 0 Å². The van der Waals surface area contributed by atoms with Crippen LogP contribution in [0.5, 0.6) is 0 Å². The van der Waals surface area contributed by atoms with E-state index in [4.69, 9.17) is 21.5 Å². The third-order valence-corrected chi connectivity index (χ3v) is 2.15. The van der Waals surface area contributed by atoms with Gasteiger partial charge in [-0.25, -0.2) is 0 Å². The summed E-state index contributed by atoms with van der Waals surface area (Å²) < 4.78 is 9.93. The van der Waals surface area contributed by atoms with E-state index in [0.717, 1.165) is 0 Å². The van der Waals surface area contributed by atoms with Crippen LogP contribution in [0.4, 0.5) is 0 Å². The maximum atomic E-state index is 9.40. The minimum absolute atomic E-state index is 0.454. The summed E-state index contributed by atoms with van der Waals surface area (Å²) >= 11 is 0. The summed E-state index contributed by atoms with van der Waals surface area (Å²) in [5, 5.41) is 27.4. The van der Waals surface area contributed by atoms with Gasteiger partial charge in [0, 0.05) is 7.11 Å². The van der Waals surface area contributed by atoms with Crippen LogP contribution in [0.25, 0.3) is 0 Å². The Morgan fingerprint density at radius 3 is 2.69 bits per heavy atom. The van der Waals surface area contributed by atoms with Gasteiger partial charge in [-0.2, -0.15) is 0 Å². The molecular weight excluding hydrogens is 176 g/mol. The molecule has 76 valence electrons. The number of hydrogen-bond donors (Lipinski definition) is 3. The van der Waals surface area contributed by atoms with Gasteiger partial charge in [-0.05, 0) is 6.92 Å². The zero-order valence-electron chi connectivity index (χ0n) is 7.33. The molecule has 1 saturated heterocycles. The predicted octanol–water partition coefficient (Wildman–Crippen LogP) is -1.81. The number of hydrogen-bond acceptors (Lipinski definition) is 5. The third kappa shape index (κ3) is 2.00. The topological polar surface area (TPSA) is 79.2 Å². The number of aliphatic hydroxyl groups excluding tert-OH is 3. The maximum absolute atomic E-state index is 9.40. The van der Waals surface area contributed by atoms with Crippen LogP contribution in [-0.4, -0.2) is 59.6 Å². The Morgan fingerprint density at radius 1 is 1.62 bits per heavy atom. The maximum Gasteiger partial charge on any atom is 0.115 e. The molecule has 1 aliphatic heterocycles. The van der Waals surface area contributed by atoms with Crippen molar-refractivity contribution in [3.05, 3.63) is 6.92 Å². The predicted molar refractivity (Wildman–Crippen MR) is 42.9 cm³/mol. The highest BCUT2D eigenvalue weighted by molar-refractivity contribution is 4.95. The molecule has 3 N–H and O–H groups in total. The van der Waals surface area contributed by atoms with Crippen molar-refractivity contribution in [2.24, 2.45) is 0 Å². The van der Waals surface area contributed by atoms with Crippen molar-refractivity contribution in [1.82, 2.24) is 0 Å². The molecule has 0 aliphatic carbocycles. The molecular formula is C8H14O5. The van der Waals surface area contributed by atoms with E-state index >= 15 is 0 Å². The Balaban J connectivity index is 2.64. The molecule has 2 radical (unpaired) electrons. The first kappa shape index (κ1) is 10.9. The van der Waals surface area contributed by atoms with Gasteiger partial charge in [0.2, 0.25) is 0 Å². The molecule has 0 aromatic rings. The van der Waals surface area contributed by atoms with E-state index in [1.165, 1.54) is 7.11 Å². The Bertz CT molecular complexity index is 163. The Hall–Kier alpha value is -0.200. The molecule has 3 unspecified atom stereocenters. The van der Waals surface area contributed by atoms with E-state index in [1.54, 1.807) is 0 Å². The van der Waals surface area contributed by atoms with E-state index in [9.17, 15) is 10.2 Å². The highest BCUT2D eigenvalue weighted by Crippen LogP contribution is 2.25. The van der Waals surface area contributed by atoms with Crippen LogP contribution in [0.1, 0.15) is 0 Å². The van der Waals surface area contributed by atoms with Gasteiger partial charge in [-0.3, -0.25) is 0 Å². The average Bonchev–Trinajstić information content (AvgIpc) is 2.42. The summed E-state index contributed by atoms with van der Waals surface area (Å²) in [5.41, 5.74) is 0. The highest BCUT2D eigenvalue weighted by atomic mass is 16.6. The molecule has 0 spiro atoms. The van der Waals surface area contributed by atoms with Gasteiger partial charge in [0.15, 0.2) is 0 Å². The minimum Gasteiger partial charge on any atom is -0.394 e. The molecule has 5 atom stereocenters. The van der Waals surface area contributed by atoms with Crippen LogP contribution in [0.2, 0.25) is 0 Å². The second-order valence-corrected chi connectivity index (χ2v) is 3.01. The lowest BCUT2D eigenvalue weighted by molar-refractivity contribution is -0.0856. The van der Waals surface area contributed by atoms with E-state index in [-0.39, 0.29) is 0 Å². The molecule has 5 nitrogen and oxygen atoms in total. The van der Waals surface area contributed by atoms with Crippen molar-refractivity contribution >= 4 is 0 Å². The molecule has 0 aromatic carbocycles. The number of methoxy groups -OCH3 is 1. The monoisotopic (exact) mass is 190 g/mol. The minimum atomic E-state index is -1.09. The molecule has 1 aliphatic rings.